The molecule has 0 bridgehead atoms. The van der Waals surface area contributed by atoms with Crippen molar-refractivity contribution in [2.75, 3.05) is 6.61 Å². The minimum atomic E-state index is -0.314. The molecular formula is C19H25N3O3. The maximum atomic E-state index is 12.3. The first-order valence-electron chi connectivity index (χ1n) is 8.58. The number of rotatable bonds is 8. The van der Waals surface area contributed by atoms with E-state index in [0.29, 0.717) is 13.2 Å². The van der Waals surface area contributed by atoms with E-state index in [0.717, 1.165) is 24.2 Å². The number of hydrogen-bond donors (Lipinski definition) is 1. The van der Waals surface area contributed by atoms with Gasteiger partial charge in [0.15, 0.2) is 0 Å². The number of carbonyl (C=O) groups is 1. The molecule has 25 heavy (non-hydrogen) atoms. The zero-order valence-corrected chi connectivity index (χ0v) is 15.0. The van der Waals surface area contributed by atoms with Gasteiger partial charge in [-0.1, -0.05) is 25.5 Å². The molecule has 1 aromatic heterocycles. The van der Waals surface area contributed by atoms with Crippen molar-refractivity contribution in [3.05, 3.63) is 58.0 Å². The van der Waals surface area contributed by atoms with Crippen molar-refractivity contribution in [1.82, 2.24) is 15.1 Å². The zero-order chi connectivity index (χ0) is 18.2. The number of amides is 1. The number of nitrogens with one attached hydrogen (secondary N) is 1. The van der Waals surface area contributed by atoms with Crippen LogP contribution in [0.1, 0.15) is 42.7 Å². The van der Waals surface area contributed by atoms with E-state index >= 15 is 0 Å². The van der Waals surface area contributed by atoms with Gasteiger partial charge in [-0.2, -0.15) is 5.10 Å². The largest absolute Gasteiger partial charge is 0.491 e. The average Bonchev–Trinajstić information content (AvgIpc) is 2.59. The second-order valence-corrected chi connectivity index (χ2v) is 6.14. The van der Waals surface area contributed by atoms with E-state index in [4.69, 9.17) is 4.74 Å². The fraction of sp³-hybridized carbons (Fsp3) is 0.421. The van der Waals surface area contributed by atoms with Gasteiger partial charge in [0.1, 0.15) is 18.1 Å². The van der Waals surface area contributed by atoms with Crippen LogP contribution in [-0.4, -0.2) is 28.3 Å². The third kappa shape index (κ3) is 5.74. The van der Waals surface area contributed by atoms with Crippen molar-refractivity contribution >= 4 is 5.91 Å². The summed E-state index contributed by atoms with van der Waals surface area (Å²) < 4.78 is 7.03. The van der Waals surface area contributed by atoms with Crippen LogP contribution in [-0.2, 0) is 6.54 Å². The molecule has 0 radical (unpaired) electrons. The first kappa shape index (κ1) is 18.7. The first-order chi connectivity index (χ1) is 12.0. The summed E-state index contributed by atoms with van der Waals surface area (Å²) in [4.78, 5) is 24.1. The Morgan fingerprint density at radius 1 is 1.32 bits per heavy atom. The normalized spacial score (nSPS) is 11.8. The van der Waals surface area contributed by atoms with Crippen LogP contribution in [0.3, 0.4) is 0 Å². The van der Waals surface area contributed by atoms with Gasteiger partial charge < -0.3 is 10.1 Å². The zero-order valence-electron chi connectivity index (χ0n) is 15.0. The lowest BCUT2D eigenvalue weighted by atomic mass is 10.2. The molecule has 2 aromatic rings. The van der Waals surface area contributed by atoms with Crippen molar-refractivity contribution in [2.45, 2.75) is 46.2 Å². The standard InChI is InChI=1S/C19H25N3O3/c1-4-5-11-22-18(23)10-9-17(21-22)19(24)20-15(3)13-25-16-8-6-7-14(2)12-16/h6-10,12,15H,4-5,11,13H2,1-3H3,(H,20,24). The fourth-order valence-electron chi connectivity index (χ4n) is 2.30. The second kappa shape index (κ2) is 9.01. The predicted octanol–water partition coefficient (Wildman–Crippen LogP) is 2.55. The molecule has 1 unspecified atom stereocenters. The summed E-state index contributed by atoms with van der Waals surface area (Å²) in [7, 11) is 0. The van der Waals surface area contributed by atoms with Crippen LogP contribution in [0.15, 0.2) is 41.2 Å². The summed E-state index contributed by atoms with van der Waals surface area (Å²) in [6.07, 6.45) is 1.80. The Morgan fingerprint density at radius 2 is 2.12 bits per heavy atom. The van der Waals surface area contributed by atoms with Crippen LogP contribution in [0.5, 0.6) is 5.75 Å². The molecular weight excluding hydrogens is 318 g/mol. The lowest BCUT2D eigenvalue weighted by molar-refractivity contribution is 0.0919. The van der Waals surface area contributed by atoms with Crippen LogP contribution in [0.25, 0.3) is 0 Å². The highest BCUT2D eigenvalue weighted by molar-refractivity contribution is 5.92. The summed E-state index contributed by atoms with van der Waals surface area (Å²) in [5.74, 6) is 0.456. The van der Waals surface area contributed by atoms with E-state index in [9.17, 15) is 9.59 Å². The second-order valence-electron chi connectivity index (χ2n) is 6.14. The minimum absolute atomic E-state index is 0.189. The van der Waals surface area contributed by atoms with Gasteiger partial charge in [0.05, 0.1) is 6.04 Å². The van der Waals surface area contributed by atoms with Crippen molar-refractivity contribution < 1.29 is 9.53 Å². The molecule has 2 rings (SSSR count). The molecule has 1 amide bonds. The Hall–Kier alpha value is -2.63. The van der Waals surface area contributed by atoms with Crippen LogP contribution in [0.2, 0.25) is 0 Å². The summed E-state index contributed by atoms with van der Waals surface area (Å²) >= 11 is 0. The number of aryl methyl sites for hydroxylation is 2. The van der Waals surface area contributed by atoms with Gasteiger partial charge >= 0.3 is 0 Å². The maximum Gasteiger partial charge on any atom is 0.272 e. The average molecular weight is 343 g/mol. The Bertz CT molecular complexity index is 771. The minimum Gasteiger partial charge on any atom is -0.491 e. The summed E-state index contributed by atoms with van der Waals surface area (Å²) in [6, 6.07) is 10.4. The summed E-state index contributed by atoms with van der Waals surface area (Å²) in [5, 5.41) is 6.99. The Kier molecular flexibility index (Phi) is 6.74. The third-order valence-electron chi connectivity index (χ3n) is 3.69. The van der Waals surface area contributed by atoms with Gasteiger partial charge in [0.25, 0.3) is 11.5 Å². The van der Waals surface area contributed by atoms with E-state index in [1.54, 1.807) is 0 Å². The first-order valence-corrected chi connectivity index (χ1v) is 8.58. The lowest BCUT2D eigenvalue weighted by Gasteiger charge is -2.15. The van der Waals surface area contributed by atoms with Crippen molar-refractivity contribution in [2.24, 2.45) is 0 Å². The number of ether oxygens (including phenoxy) is 1. The fourth-order valence-corrected chi connectivity index (χ4v) is 2.30. The highest BCUT2D eigenvalue weighted by atomic mass is 16.5. The van der Waals surface area contributed by atoms with Crippen LogP contribution in [0.4, 0.5) is 0 Å². The lowest BCUT2D eigenvalue weighted by Crippen LogP contribution is -2.38. The van der Waals surface area contributed by atoms with Gasteiger partial charge in [0.2, 0.25) is 0 Å². The van der Waals surface area contributed by atoms with Gasteiger partial charge in [-0.3, -0.25) is 9.59 Å². The molecule has 1 N–H and O–H groups in total. The molecule has 6 heteroatoms. The van der Waals surface area contributed by atoms with Gasteiger partial charge in [-0.15, -0.1) is 0 Å². The van der Waals surface area contributed by atoms with E-state index < -0.39 is 0 Å². The molecule has 134 valence electrons. The highest BCUT2D eigenvalue weighted by Crippen LogP contribution is 2.12. The van der Waals surface area contributed by atoms with E-state index in [2.05, 4.69) is 10.4 Å². The van der Waals surface area contributed by atoms with Crippen LogP contribution in [0, 0.1) is 6.92 Å². The van der Waals surface area contributed by atoms with E-state index in [1.807, 2.05) is 45.0 Å². The molecule has 1 atom stereocenters. The van der Waals surface area contributed by atoms with E-state index in [1.165, 1.54) is 16.8 Å². The smallest absolute Gasteiger partial charge is 0.272 e. The number of aromatic nitrogens is 2. The quantitative estimate of drug-likeness (QED) is 0.799. The molecule has 0 fully saturated rings. The molecule has 0 saturated heterocycles. The molecule has 0 saturated carbocycles. The number of hydrogen-bond acceptors (Lipinski definition) is 4. The van der Waals surface area contributed by atoms with Crippen molar-refractivity contribution in [3.8, 4) is 5.75 Å². The summed E-state index contributed by atoms with van der Waals surface area (Å²) in [5.41, 5.74) is 1.16. The third-order valence-corrected chi connectivity index (χ3v) is 3.69. The number of nitrogens with zero attached hydrogens (tertiary/aromatic N) is 2. The number of benzene rings is 1. The maximum absolute atomic E-state index is 12.3. The van der Waals surface area contributed by atoms with Gasteiger partial charge in [0, 0.05) is 12.6 Å². The topological polar surface area (TPSA) is 73.2 Å². The molecule has 0 spiro atoms. The monoisotopic (exact) mass is 343 g/mol. The SMILES string of the molecule is CCCCn1nc(C(=O)NC(C)COc2cccc(C)c2)ccc1=O. The highest BCUT2D eigenvalue weighted by Gasteiger charge is 2.13. The Morgan fingerprint density at radius 3 is 2.84 bits per heavy atom. The molecule has 1 heterocycles. The predicted molar refractivity (Wildman–Crippen MR) is 97.0 cm³/mol. The van der Waals surface area contributed by atoms with Crippen LogP contribution < -0.4 is 15.6 Å². The summed E-state index contributed by atoms with van der Waals surface area (Å²) in [6.45, 7) is 6.77. The molecule has 6 nitrogen and oxygen atoms in total. The molecule has 0 aliphatic heterocycles. The Labute approximate surface area is 147 Å². The van der Waals surface area contributed by atoms with Gasteiger partial charge in [-0.05, 0) is 44.0 Å². The number of carbonyl (C=O) groups excluding carboxylic acids is 1. The molecule has 1 aromatic carbocycles. The molecule has 0 aliphatic carbocycles. The van der Waals surface area contributed by atoms with Gasteiger partial charge in [-0.25, -0.2) is 4.68 Å². The van der Waals surface area contributed by atoms with Crippen molar-refractivity contribution in [1.29, 1.82) is 0 Å². The Balaban J connectivity index is 1.93. The van der Waals surface area contributed by atoms with Crippen molar-refractivity contribution in [3.63, 3.8) is 0 Å². The molecule has 0 aliphatic rings. The number of unbranched alkanes of at least 4 members (excludes halogenated alkanes) is 1. The van der Waals surface area contributed by atoms with Crippen LogP contribution >= 0.6 is 0 Å². The van der Waals surface area contributed by atoms with E-state index in [-0.39, 0.29) is 23.2 Å².